The summed E-state index contributed by atoms with van der Waals surface area (Å²) < 4.78 is 2.34. The summed E-state index contributed by atoms with van der Waals surface area (Å²) in [5, 5.41) is 17.9. The molecule has 25 heavy (non-hydrogen) atoms. The summed E-state index contributed by atoms with van der Waals surface area (Å²) in [7, 11) is 0. The zero-order chi connectivity index (χ0) is 18.0. The van der Waals surface area contributed by atoms with Crippen molar-refractivity contribution in [1.29, 1.82) is 0 Å². The number of benzene rings is 2. The Balaban J connectivity index is 1.90. The van der Waals surface area contributed by atoms with Gasteiger partial charge in [-0.3, -0.25) is 14.9 Å². The van der Waals surface area contributed by atoms with Gasteiger partial charge in [0.25, 0.3) is 11.6 Å². The summed E-state index contributed by atoms with van der Waals surface area (Å²) in [5.74, 6) is 0.209. The maximum absolute atomic E-state index is 12.4. The van der Waals surface area contributed by atoms with Gasteiger partial charge in [-0.15, -0.1) is 0 Å². The number of carbonyl (C=O) groups excluding carboxylic acids is 1. The lowest BCUT2D eigenvalue weighted by Gasteiger charge is -2.09. The molecule has 3 rings (SSSR count). The number of halogens is 1. The second kappa shape index (κ2) is 6.86. The number of aryl methyl sites for hydroxylation is 1. The average molecular weight is 401 g/mol. The van der Waals surface area contributed by atoms with Crippen LogP contribution in [0.4, 0.5) is 11.5 Å². The molecule has 2 aromatic carbocycles. The summed E-state index contributed by atoms with van der Waals surface area (Å²) in [6.45, 7) is 1.80. The summed E-state index contributed by atoms with van der Waals surface area (Å²) in [5.41, 5.74) is 1.82. The lowest BCUT2D eigenvalue weighted by molar-refractivity contribution is -0.384. The van der Waals surface area contributed by atoms with Crippen molar-refractivity contribution in [3.8, 4) is 5.69 Å². The number of nitro benzene ring substituents is 1. The van der Waals surface area contributed by atoms with Crippen molar-refractivity contribution < 1.29 is 9.72 Å². The Labute approximate surface area is 151 Å². The third kappa shape index (κ3) is 3.74. The number of carbonyl (C=O) groups is 1. The van der Waals surface area contributed by atoms with Gasteiger partial charge in [0, 0.05) is 28.2 Å². The van der Waals surface area contributed by atoms with E-state index in [2.05, 4.69) is 26.3 Å². The molecule has 0 aliphatic rings. The Kier molecular flexibility index (Phi) is 4.62. The summed E-state index contributed by atoms with van der Waals surface area (Å²) in [6, 6.07) is 14.7. The first-order valence-electron chi connectivity index (χ1n) is 7.32. The molecule has 1 heterocycles. The molecule has 0 radical (unpaired) electrons. The van der Waals surface area contributed by atoms with E-state index in [0.717, 1.165) is 4.47 Å². The van der Waals surface area contributed by atoms with Crippen LogP contribution >= 0.6 is 15.9 Å². The molecule has 8 heteroatoms. The zero-order valence-electron chi connectivity index (χ0n) is 13.1. The third-order valence-corrected chi connectivity index (χ3v) is 3.96. The molecule has 1 aromatic heterocycles. The van der Waals surface area contributed by atoms with E-state index in [1.165, 1.54) is 16.8 Å². The van der Waals surface area contributed by atoms with E-state index in [4.69, 9.17) is 0 Å². The fourth-order valence-electron chi connectivity index (χ4n) is 2.32. The van der Waals surface area contributed by atoms with E-state index in [1.54, 1.807) is 43.3 Å². The topological polar surface area (TPSA) is 90.1 Å². The number of amides is 1. The molecule has 3 aromatic rings. The normalized spacial score (nSPS) is 10.5. The van der Waals surface area contributed by atoms with Gasteiger partial charge in [-0.25, -0.2) is 4.68 Å². The van der Waals surface area contributed by atoms with Crippen LogP contribution in [-0.2, 0) is 0 Å². The lowest BCUT2D eigenvalue weighted by Crippen LogP contribution is -2.15. The molecular formula is C17H13BrN4O3. The van der Waals surface area contributed by atoms with Gasteiger partial charge in [0.05, 0.1) is 16.3 Å². The highest BCUT2D eigenvalue weighted by Gasteiger charge is 2.14. The number of aromatic nitrogens is 2. The Morgan fingerprint density at radius 3 is 2.56 bits per heavy atom. The second-order valence-corrected chi connectivity index (χ2v) is 6.24. The van der Waals surface area contributed by atoms with Crippen LogP contribution in [0.25, 0.3) is 5.69 Å². The minimum atomic E-state index is -0.464. The fraction of sp³-hybridized carbons (Fsp3) is 0.0588. The monoisotopic (exact) mass is 400 g/mol. The van der Waals surface area contributed by atoms with Gasteiger partial charge in [0.2, 0.25) is 0 Å². The Morgan fingerprint density at radius 1 is 1.20 bits per heavy atom. The Bertz CT molecular complexity index is 951. The number of anilines is 1. The molecule has 1 amide bonds. The van der Waals surface area contributed by atoms with Crippen LogP contribution in [0.15, 0.2) is 59.1 Å². The fourth-order valence-corrected chi connectivity index (χ4v) is 2.72. The maximum Gasteiger partial charge on any atom is 0.269 e. The highest BCUT2D eigenvalue weighted by molar-refractivity contribution is 9.10. The highest BCUT2D eigenvalue weighted by atomic mass is 79.9. The predicted octanol–water partition coefficient (Wildman–Crippen LogP) is 4.10. The van der Waals surface area contributed by atoms with Crippen molar-refractivity contribution in [3.05, 3.63) is 80.4 Å². The lowest BCUT2D eigenvalue weighted by atomic mass is 10.2. The summed E-state index contributed by atoms with van der Waals surface area (Å²) in [6.07, 6.45) is 0. The van der Waals surface area contributed by atoms with Crippen LogP contribution in [0.2, 0.25) is 0 Å². The first-order chi connectivity index (χ1) is 11.9. The molecule has 0 bridgehead atoms. The standard InChI is InChI=1S/C17H13BrN4O3/c1-11-9-16(19-17(23)12-3-2-4-13(18)10-12)21(20-11)14-5-7-15(8-6-14)22(24)25/h2-10H,1H3,(H,19,23). The van der Waals surface area contributed by atoms with Crippen LogP contribution in [0.3, 0.4) is 0 Å². The molecule has 0 saturated carbocycles. The van der Waals surface area contributed by atoms with Crippen molar-refractivity contribution in [2.24, 2.45) is 0 Å². The SMILES string of the molecule is Cc1cc(NC(=O)c2cccc(Br)c2)n(-c2ccc([N+](=O)[O-])cc2)n1. The van der Waals surface area contributed by atoms with Crippen LogP contribution < -0.4 is 5.32 Å². The van der Waals surface area contributed by atoms with Crippen molar-refractivity contribution in [2.45, 2.75) is 6.92 Å². The molecule has 0 aliphatic heterocycles. The summed E-state index contributed by atoms with van der Waals surface area (Å²) in [4.78, 5) is 22.7. The predicted molar refractivity (Wildman–Crippen MR) is 97.1 cm³/mol. The molecule has 0 saturated heterocycles. The minimum Gasteiger partial charge on any atom is -0.306 e. The first kappa shape index (κ1) is 16.8. The smallest absolute Gasteiger partial charge is 0.269 e. The highest BCUT2D eigenvalue weighted by Crippen LogP contribution is 2.21. The molecular weight excluding hydrogens is 388 g/mol. The maximum atomic E-state index is 12.4. The van der Waals surface area contributed by atoms with E-state index in [-0.39, 0.29) is 11.6 Å². The first-order valence-corrected chi connectivity index (χ1v) is 8.12. The number of hydrogen-bond donors (Lipinski definition) is 1. The third-order valence-electron chi connectivity index (χ3n) is 3.47. The Hall–Kier alpha value is -3.00. The molecule has 1 N–H and O–H groups in total. The van der Waals surface area contributed by atoms with Gasteiger partial charge in [-0.05, 0) is 37.3 Å². The summed E-state index contributed by atoms with van der Waals surface area (Å²) >= 11 is 3.34. The van der Waals surface area contributed by atoms with Crippen molar-refractivity contribution in [2.75, 3.05) is 5.32 Å². The number of nitro groups is 1. The van der Waals surface area contributed by atoms with E-state index < -0.39 is 4.92 Å². The van der Waals surface area contributed by atoms with Gasteiger partial charge in [-0.2, -0.15) is 5.10 Å². The number of rotatable bonds is 4. The van der Waals surface area contributed by atoms with E-state index in [0.29, 0.717) is 22.8 Å². The quantitative estimate of drug-likeness (QED) is 0.527. The zero-order valence-corrected chi connectivity index (χ0v) is 14.7. The van der Waals surface area contributed by atoms with Crippen LogP contribution in [0.1, 0.15) is 16.1 Å². The Morgan fingerprint density at radius 2 is 1.92 bits per heavy atom. The largest absolute Gasteiger partial charge is 0.306 e. The van der Waals surface area contributed by atoms with Crippen LogP contribution in [0, 0.1) is 17.0 Å². The van der Waals surface area contributed by atoms with Gasteiger partial charge in [0.15, 0.2) is 0 Å². The van der Waals surface area contributed by atoms with Crippen LogP contribution in [-0.4, -0.2) is 20.6 Å². The van der Waals surface area contributed by atoms with Crippen molar-refractivity contribution in [1.82, 2.24) is 9.78 Å². The van der Waals surface area contributed by atoms with E-state index in [9.17, 15) is 14.9 Å². The number of non-ortho nitro benzene ring substituents is 1. The molecule has 0 fully saturated rings. The molecule has 126 valence electrons. The van der Waals surface area contributed by atoms with Gasteiger partial charge < -0.3 is 5.32 Å². The van der Waals surface area contributed by atoms with Gasteiger partial charge in [-0.1, -0.05) is 22.0 Å². The average Bonchev–Trinajstić information content (AvgIpc) is 2.95. The van der Waals surface area contributed by atoms with Gasteiger partial charge >= 0.3 is 0 Å². The second-order valence-electron chi connectivity index (χ2n) is 5.32. The molecule has 0 aliphatic carbocycles. The minimum absolute atomic E-state index is 0.00708. The number of nitrogens with zero attached hydrogens (tertiary/aromatic N) is 3. The molecule has 0 spiro atoms. The molecule has 0 unspecified atom stereocenters. The molecule has 0 atom stereocenters. The number of nitrogens with one attached hydrogen (secondary N) is 1. The van der Waals surface area contributed by atoms with E-state index >= 15 is 0 Å². The van der Waals surface area contributed by atoms with Crippen molar-refractivity contribution >= 4 is 33.3 Å². The van der Waals surface area contributed by atoms with Crippen molar-refractivity contribution in [3.63, 3.8) is 0 Å². The molecule has 7 nitrogen and oxygen atoms in total. The number of hydrogen-bond acceptors (Lipinski definition) is 4. The van der Waals surface area contributed by atoms with Gasteiger partial charge in [0.1, 0.15) is 5.82 Å². The van der Waals surface area contributed by atoms with E-state index in [1.807, 2.05) is 6.07 Å². The van der Waals surface area contributed by atoms with Crippen LogP contribution in [0.5, 0.6) is 0 Å².